The Morgan fingerprint density at radius 3 is 2.47 bits per heavy atom. The summed E-state index contributed by atoms with van der Waals surface area (Å²) in [4.78, 5) is 5.35. The lowest BCUT2D eigenvalue weighted by molar-refractivity contribution is 0.132. The molecule has 0 unspecified atom stereocenters. The van der Waals surface area contributed by atoms with E-state index in [4.69, 9.17) is 31.2 Å². The van der Waals surface area contributed by atoms with Gasteiger partial charge in [-0.3, -0.25) is 0 Å². The molecule has 0 radical (unpaired) electrons. The molecular weight excluding hydrogens is 400 g/mol. The van der Waals surface area contributed by atoms with E-state index in [1.165, 1.54) is 0 Å². The van der Waals surface area contributed by atoms with Crippen LogP contribution in [0.2, 0.25) is 5.02 Å². The fourth-order valence-electron chi connectivity index (χ4n) is 2.72. The molecule has 0 saturated carbocycles. The van der Waals surface area contributed by atoms with E-state index < -0.39 is 0 Å². The van der Waals surface area contributed by atoms with Crippen molar-refractivity contribution in [2.24, 2.45) is 5.16 Å². The van der Waals surface area contributed by atoms with E-state index in [0.717, 1.165) is 16.7 Å². The predicted molar refractivity (Wildman–Crippen MR) is 117 cm³/mol. The average molecular weight is 421 g/mol. The van der Waals surface area contributed by atoms with Gasteiger partial charge < -0.3 is 14.3 Å². The maximum absolute atomic E-state index is 9.11. The molecule has 3 rings (SSSR count). The van der Waals surface area contributed by atoms with Gasteiger partial charge in [-0.15, -0.1) is 0 Å². The number of benzene rings is 3. The van der Waals surface area contributed by atoms with E-state index in [1.807, 2.05) is 67.6 Å². The second kappa shape index (κ2) is 10.9. The number of ether oxygens (including phenoxy) is 2. The molecule has 0 amide bonds. The van der Waals surface area contributed by atoms with Crippen molar-refractivity contribution in [3.8, 4) is 17.6 Å². The molecule has 3 aromatic rings. The van der Waals surface area contributed by atoms with Crippen molar-refractivity contribution < 1.29 is 14.3 Å². The van der Waals surface area contributed by atoms with Gasteiger partial charge >= 0.3 is 0 Å². The van der Waals surface area contributed by atoms with E-state index in [-0.39, 0.29) is 6.61 Å². The van der Waals surface area contributed by atoms with Crippen LogP contribution in [0, 0.1) is 11.3 Å². The molecule has 0 heterocycles. The van der Waals surface area contributed by atoms with Crippen molar-refractivity contribution in [2.45, 2.75) is 20.1 Å². The summed E-state index contributed by atoms with van der Waals surface area (Å²) < 4.78 is 11.6. The van der Waals surface area contributed by atoms with E-state index in [2.05, 4.69) is 11.2 Å². The third-order valence-electron chi connectivity index (χ3n) is 4.24. The number of halogens is 1. The smallest absolute Gasteiger partial charge is 0.161 e. The summed E-state index contributed by atoms with van der Waals surface area (Å²) in [5.74, 6) is 1.24. The highest BCUT2D eigenvalue weighted by atomic mass is 35.5. The van der Waals surface area contributed by atoms with Crippen molar-refractivity contribution in [1.29, 1.82) is 5.26 Å². The molecule has 0 saturated heterocycles. The summed E-state index contributed by atoms with van der Waals surface area (Å²) in [7, 11) is 0. The van der Waals surface area contributed by atoms with Crippen LogP contribution in [0.4, 0.5) is 0 Å². The fraction of sp³-hybridized carbons (Fsp3) is 0.167. The first-order valence-electron chi connectivity index (χ1n) is 9.47. The Morgan fingerprint density at radius 1 is 0.933 bits per heavy atom. The highest BCUT2D eigenvalue weighted by molar-refractivity contribution is 6.31. The van der Waals surface area contributed by atoms with E-state index in [1.54, 1.807) is 12.3 Å². The summed E-state index contributed by atoms with van der Waals surface area (Å²) >= 11 is 6.19. The van der Waals surface area contributed by atoms with Crippen molar-refractivity contribution in [2.75, 3.05) is 6.61 Å². The van der Waals surface area contributed by atoms with Gasteiger partial charge in [0.25, 0.3) is 0 Å². The third-order valence-corrected chi connectivity index (χ3v) is 4.61. The van der Waals surface area contributed by atoms with E-state index >= 15 is 0 Å². The van der Waals surface area contributed by atoms with Crippen LogP contribution < -0.4 is 9.47 Å². The first kappa shape index (κ1) is 21.2. The Bertz CT molecular complexity index is 1060. The summed E-state index contributed by atoms with van der Waals surface area (Å²) in [5, 5.41) is 13.8. The Labute approximate surface area is 181 Å². The Kier molecular flexibility index (Phi) is 7.71. The zero-order valence-electron chi connectivity index (χ0n) is 16.5. The lowest BCUT2D eigenvalue weighted by atomic mass is 10.1. The normalized spacial score (nSPS) is 10.6. The van der Waals surface area contributed by atoms with Crippen LogP contribution in [0.15, 0.2) is 71.9 Å². The molecule has 152 valence electrons. The first-order chi connectivity index (χ1) is 14.7. The van der Waals surface area contributed by atoms with Gasteiger partial charge in [0.1, 0.15) is 13.2 Å². The summed E-state index contributed by atoms with van der Waals surface area (Å²) in [5.41, 5.74) is 3.07. The number of rotatable bonds is 9. The molecule has 6 heteroatoms. The monoisotopic (exact) mass is 420 g/mol. The largest absolute Gasteiger partial charge is 0.490 e. The van der Waals surface area contributed by atoms with Crippen molar-refractivity contribution >= 4 is 17.8 Å². The standard InChI is InChI=1S/C24H21ClN2O3/c1-2-28-24-13-18(15-27-30-17-20-8-4-3-7-19(20)14-26)11-12-23(24)29-16-21-9-5-6-10-22(21)25/h3-13,15H,2,16-17H2,1H3/b27-15-. The van der Waals surface area contributed by atoms with Gasteiger partial charge in [0.05, 0.1) is 24.5 Å². The summed E-state index contributed by atoms with van der Waals surface area (Å²) in [6.07, 6.45) is 1.59. The van der Waals surface area contributed by atoms with Gasteiger partial charge in [0.2, 0.25) is 0 Å². The highest BCUT2D eigenvalue weighted by Crippen LogP contribution is 2.29. The molecule has 0 fully saturated rings. The van der Waals surface area contributed by atoms with Crippen LogP contribution in [0.3, 0.4) is 0 Å². The Morgan fingerprint density at radius 2 is 1.70 bits per heavy atom. The highest BCUT2D eigenvalue weighted by Gasteiger charge is 2.08. The molecule has 0 bridgehead atoms. The van der Waals surface area contributed by atoms with Gasteiger partial charge in [0.15, 0.2) is 11.5 Å². The minimum atomic E-state index is 0.220. The van der Waals surface area contributed by atoms with Gasteiger partial charge in [-0.2, -0.15) is 5.26 Å². The summed E-state index contributed by atoms with van der Waals surface area (Å²) in [6.45, 7) is 2.98. The van der Waals surface area contributed by atoms with Gasteiger partial charge in [-0.1, -0.05) is 53.2 Å². The molecule has 30 heavy (non-hydrogen) atoms. The maximum atomic E-state index is 9.11. The molecule has 0 aliphatic rings. The SMILES string of the molecule is CCOc1cc(/C=N\OCc2ccccc2C#N)ccc1OCc1ccccc1Cl. The summed E-state index contributed by atoms with van der Waals surface area (Å²) in [6, 6.07) is 22.5. The molecule has 0 atom stereocenters. The number of hydrogen-bond donors (Lipinski definition) is 0. The van der Waals surface area contributed by atoms with Gasteiger partial charge in [-0.05, 0) is 37.3 Å². The Balaban J connectivity index is 1.64. The quantitative estimate of drug-likeness (QED) is 0.327. The Hall–Kier alpha value is -3.49. The first-order valence-corrected chi connectivity index (χ1v) is 9.85. The van der Waals surface area contributed by atoms with Gasteiger partial charge in [-0.25, -0.2) is 0 Å². The van der Waals surface area contributed by atoms with Crippen LogP contribution in [0.1, 0.15) is 29.2 Å². The second-order valence-corrected chi connectivity index (χ2v) is 6.70. The lowest BCUT2D eigenvalue weighted by Gasteiger charge is -2.13. The molecule has 0 N–H and O–H groups in total. The van der Waals surface area contributed by atoms with Crippen LogP contribution in [0.25, 0.3) is 0 Å². The van der Waals surface area contributed by atoms with Crippen molar-refractivity contribution in [1.82, 2.24) is 0 Å². The van der Waals surface area contributed by atoms with E-state index in [0.29, 0.717) is 35.3 Å². The van der Waals surface area contributed by atoms with Crippen molar-refractivity contribution in [3.63, 3.8) is 0 Å². The van der Waals surface area contributed by atoms with Gasteiger partial charge in [0, 0.05) is 21.7 Å². The van der Waals surface area contributed by atoms with E-state index in [9.17, 15) is 0 Å². The topological polar surface area (TPSA) is 63.8 Å². The minimum Gasteiger partial charge on any atom is -0.490 e. The zero-order chi connectivity index (χ0) is 21.2. The zero-order valence-corrected chi connectivity index (χ0v) is 17.3. The molecular formula is C24H21ClN2O3. The van der Waals surface area contributed by atoms with Crippen LogP contribution in [-0.2, 0) is 18.1 Å². The number of nitriles is 1. The van der Waals surface area contributed by atoms with Crippen LogP contribution in [0.5, 0.6) is 11.5 Å². The second-order valence-electron chi connectivity index (χ2n) is 6.30. The molecule has 5 nitrogen and oxygen atoms in total. The molecule has 0 spiro atoms. The molecule has 0 aromatic heterocycles. The third kappa shape index (κ3) is 5.76. The van der Waals surface area contributed by atoms with Crippen LogP contribution >= 0.6 is 11.6 Å². The number of oxime groups is 1. The predicted octanol–water partition coefficient (Wildman–Crippen LogP) is 5.74. The molecule has 0 aliphatic heterocycles. The minimum absolute atomic E-state index is 0.220. The lowest BCUT2D eigenvalue weighted by Crippen LogP contribution is -2.01. The average Bonchev–Trinajstić information content (AvgIpc) is 2.77. The fourth-order valence-corrected chi connectivity index (χ4v) is 2.91. The maximum Gasteiger partial charge on any atom is 0.161 e. The number of hydrogen-bond acceptors (Lipinski definition) is 5. The molecule has 0 aliphatic carbocycles. The number of nitrogens with zero attached hydrogens (tertiary/aromatic N) is 2. The van der Waals surface area contributed by atoms with Crippen molar-refractivity contribution in [3.05, 3.63) is 94.0 Å². The van der Waals surface area contributed by atoms with Crippen LogP contribution in [-0.4, -0.2) is 12.8 Å². The molecule has 3 aromatic carbocycles.